The molecule has 0 aliphatic carbocycles. The average Bonchev–Trinajstić information content (AvgIpc) is 2.28. The van der Waals surface area contributed by atoms with E-state index in [1.807, 2.05) is 4.72 Å². The summed E-state index contributed by atoms with van der Waals surface area (Å²) in [5.41, 5.74) is 0.456. The number of carboxylic acids is 1. The van der Waals surface area contributed by atoms with Gasteiger partial charge < -0.3 is 10.4 Å². The van der Waals surface area contributed by atoms with E-state index in [0.717, 1.165) is 0 Å². The summed E-state index contributed by atoms with van der Waals surface area (Å²) in [6.45, 7) is 2.56. The minimum absolute atomic E-state index is 0.0743. The summed E-state index contributed by atoms with van der Waals surface area (Å²) in [4.78, 5) is 21.3. The van der Waals surface area contributed by atoms with Crippen LogP contribution in [0.4, 0.5) is 5.69 Å². The summed E-state index contributed by atoms with van der Waals surface area (Å²) < 4.78 is 25.7. The summed E-state index contributed by atoms with van der Waals surface area (Å²) in [6.07, 6.45) is 0. The largest absolute Gasteiger partial charge is 0.480 e. The van der Waals surface area contributed by atoms with E-state index in [1.165, 1.54) is 38.1 Å². The van der Waals surface area contributed by atoms with Crippen molar-refractivity contribution in [3.63, 3.8) is 0 Å². The molecule has 104 valence electrons. The Morgan fingerprint density at radius 1 is 1.21 bits per heavy atom. The first-order valence-electron chi connectivity index (χ1n) is 5.35. The van der Waals surface area contributed by atoms with Gasteiger partial charge in [0.25, 0.3) is 0 Å². The van der Waals surface area contributed by atoms with Crippen LogP contribution in [0.3, 0.4) is 0 Å². The van der Waals surface area contributed by atoms with Crippen LogP contribution in [0.5, 0.6) is 0 Å². The van der Waals surface area contributed by atoms with Crippen LogP contribution in [-0.2, 0) is 19.6 Å². The van der Waals surface area contributed by atoms with Gasteiger partial charge in [-0.2, -0.15) is 4.72 Å². The minimum Gasteiger partial charge on any atom is -0.480 e. The highest BCUT2D eigenvalue weighted by Crippen LogP contribution is 2.14. The van der Waals surface area contributed by atoms with Crippen LogP contribution >= 0.6 is 0 Å². The first-order valence-corrected chi connectivity index (χ1v) is 6.83. The van der Waals surface area contributed by atoms with Crippen LogP contribution in [0.25, 0.3) is 0 Å². The van der Waals surface area contributed by atoms with Gasteiger partial charge in [-0.15, -0.1) is 0 Å². The zero-order chi connectivity index (χ0) is 14.6. The maximum Gasteiger partial charge on any atom is 0.321 e. The molecule has 1 atom stereocenters. The lowest BCUT2D eigenvalue weighted by Gasteiger charge is -2.10. The van der Waals surface area contributed by atoms with Crippen LogP contribution in [0.15, 0.2) is 29.2 Å². The fourth-order valence-corrected chi connectivity index (χ4v) is 2.47. The monoisotopic (exact) mass is 286 g/mol. The maximum absolute atomic E-state index is 11.8. The highest BCUT2D eigenvalue weighted by atomic mass is 32.2. The molecule has 0 aromatic heterocycles. The molecule has 0 radical (unpaired) electrons. The molecule has 1 unspecified atom stereocenters. The number of carboxylic acid groups (broad SMARTS) is 1. The van der Waals surface area contributed by atoms with Gasteiger partial charge in [0.05, 0.1) is 4.90 Å². The Morgan fingerprint density at radius 3 is 2.16 bits per heavy atom. The number of carbonyl (C=O) groups excluding carboxylic acids is 1. The van der Waals surface area contributed by atoms with Gasteiger partial charge in [-0.25, -0.2) is 8.42 Å². The molecule has 3 N–H and O–H groups in total. The number of sulfonamides is 1. The molecule has 0 saturated carbocycles. The normalized spacial score (nSPS) is 12.7. The smallest absolute Gasteiger partial charge is 0.321 e. The number of benzene rings is 1. The molecule has 0 spiro atoms. The van der Waals surface area contributed by atoms with Gasteiger partial charge in [0.15, 0.2) is 0 Å². The van der Waals surface area contributed by atoms with Gasteiger partial charge in [-0.3, -0.25) is 9.59 Å². The Kier molecular flexibility index (Phi) is 4.62. The van der Waals surface area contributed by atoms with Crippen molar-refractivity contribution in [3.8, 4) is 0 Å². The fraction of sp³-hybridized carbons (Fsp3) is 0.273. The van der Waals surface area contributed by atoms with Gasteiger partial charge in [-0.1, -0.05) is 0 Å². The third-order valence-electron chi connectivity index (χ3n) is 2.19. The summed E-state index contributed by atoms with van der Waals surface area (Å²) >= 11 is 0. The highest BCUT2D eigenvalue weighted by Gasteiger charge is 2.21. The van der Waals surface area contributed by atoms with Gasteiger partial charge >= 0.3 is 5.97 Å². The number of hydrogen-bond donors (Lipinski definition) is 3. The summed E-state index contributed by atoms with van der Waals surface area (Å²) in [5.74, 6) is -1.54. The van der Waals surface area contributed by atoms with Crippen molar-refractivity contribution in [1.29, 1.82) is 0 Å². The van der Waals surface area contributed by atoms with Crippen LogP contribution in [-0.4, -0.2) is 31.4 Å². The second-order valence-corrected chi connectivity index (χ2v) is 5.60. The van der Waals surface area contributed by atoms with Gasteiger partial charge in [0, 0.05) is 12.6 Å². The number of anilines is 1. The highest BCUT2D eigenvalue weighted by molar-refractivity contribution is 7.89. The number of carbonyl (C=O) groups is 2. The van der Waals surface area contributed by atoms with E-state index in [4.69, 9.17) is 5.11 Å². The fourth-order valence-electron chi connectivity index (χ4n) is 1.27. The van der Waals surface area contributed by atoms with Crippen molar-refractivity contribution in [2.24, 2.45) is 0 Å². The lowest BCUT2D eigenvalue weighted by atomic mass is 10.3. The molecule has 0 heterocycles. The standard InChI is InChI=1S/C11H14N2O5S/c1-7(11(15)16)13-19(17,18)10-5-3-9(4-6-10)12-8(2)14/h3-7,13H,1-2H3,(H,12,14)(H,15,16). The van der Waals surface area contributed by atoms with Crippen LogP contribution in [0.1, 0.15) is 13.8 Å². The first kappa shape index (κ1) is 15.1. The zero-order valence-corrected chi connectivity index (χ0v) is 11.2. The molecule has 0 bridgehead atoms. The van der Waals surface area contributed by atoms with E-state index in [-0.39, 0.29) is 10.8 Å². The Labute approximate surface area is 110 Å². The van der Waals surface area contributed by atoms with E-state index in [0.29, 0.717) is 5.69 Å². The molecule has 1 amide bonds. The molecule has 0 aliphatic heterocycles. The maximum atomic E-state index is 11.8. The molecule has 7 nitrogen and oxygen atoms in total. The molecule has 1 aromatic carbocycles. The lowest BCUT2D eigenvalue weighted by molar-refractivity contribution is -0.138. The minimum atomic E-state index is -3.89. The summed E-state index contributed by atoms with van der Waals surface area (Å²) in [5, 5.41) is 11.2. The number of amides is 1. The van der Waals surface area contributed by atoms with Crippen LogP contribution in [0.2, 0.25) is 0 Å². The van der Waals surface area contributed by atoms with E-state index < -0.39 is 22.0 Å². The molecular formula is C11H14N2O5S. The topological polar surface area (TPSA) is 113 Å². The zero-order valence-electron chi connectivity index (χ0n) is 10.4. The second kappa shape index (κ2) is 5.81. The predicted octanol–water partition coefficient (Wildman–Crippen LogP) is 0.396. The van der Waals surface area contributed by atoms with Crippen molar-refractivity contribution in [1.82, 2.24) is 4.72 Å². The van der Waals surface area contributed by atoms with Gasteiger partial charge in [-0.05, 0) is 31.2 Å². The Bertz CT molecular complexity index is 580. The Morgan fingerprint density at radius 2 is 1.74 bits per heavy atom. The van der Waals surface area contributed by atoms with Crippen molar-refractivity contribution < 1.29 is 23.1 Å². The third kappa shape index (κ3) is 4.34. The predicted molar refractivity (Wildman–Crippen MR) is 68.2 cm³/mol. The van der Waals surface area contributed by atoms with E-state index in [2.05, 4.69) is 5.32 Å². The number of aliphatic carboxylic acids is 1. The van der Waals surface area contributed by atoms with E-state index >= 15 is 0 Å². The molecular weight excluding hydrogens is 272 g/mol. The SMILES string of the molecule is CC(=O)Nc1ccc(S(=O)(=O)NC(C)C(=O)O)cc1. The molecule has 0 aliphatic rings. The van der Waals surface area contributed by atoms with Crippen molar-refractivity contribution in [2.45, 2.75) is 24.8 Å². The van der Waals surface area contributed by atoms with Gasteiger partial charge in [0.2, 0.25) is 15.9 Å². The quantitative estimate of drug-likeness (QED) is 0.725. The average molecular weight is 286 g/mol. The Balaban J connectivity index is 2.90. The van der Waals surface area contributed by atoms with Crippen LogP contribution < -0.4 is 10.0 Å². The van der Waals surface area contributed by atoms with Crippen molar-refractivity contribution >= 4 is 27.6 Å². The van der Waals surface area contributed by atoms with Gasteiger partial charge in [0.1, 0.15) is 6.04 Å². The molecule has 8 heteroatoms. The Hall–Kier alpha value is -1.93. The summed E-state index contributed by atoms with van der Waals surface area (Å²) in [6, 6.07) is 4.17. The number of nitrogens with one attached hydrogen (secondary N) is 2. The molecule has 19 heavy (non-hydrogen) atoms. The van der Waals surface area contributed by atoms with E-state index in [1.54, 1.807) is 0 Å². The van der Waals surface area contributed by atoms with Crippen molar-refractivity contribution in [2.75, 3.05) is 5.32 Å². The molecule has 1 rings (SSSR count). The van der Waals surface area contributed by atoms with Crippen LogP contribution in [0, 0.1) is 0 Å². The molecule has 0 fully saturated rings. The third-order valence-corrected chi connectivity index (χ3v) is 3.74. The second-order valence-electron chi connectivity index (χ2n) is 3.89. The van der Waals surface area contributed by atoms with E-state index in [9.17, 15) is 18.0 Å². The first-order chi connectivity index (χ1) is 8.72. The molecule has 0 saturated heterocycles. The lowest BCUT2D eigenvalue weighted by Crippen LogP contribution is -2.38. The van der Waals surface area contributed by atoms with Crippen molar-refractivity contribution in [3.05, 3.63) is 24.3 Å². The summed E-state index contributed by atoms with van der Waals surface area (Å²) in [7, 11) is -3.89. The molecule has 1 aromatic rings. The number of rotatable bonds is 5. The number of hydrogen-bond acceptors (Lipinski definition) is 4.